The first-order chi connectivity index (χ1) is 24.1. The Balaban J connectivity index is 1.03. The molecule has 3 aromatic rings. The molecule has 2 aromatic heterocycles. The van der Waals surface area contributed by atoms with E-state index in [1.807, 2.05) is 32.7 Å². The molecule has 0 aliphatic carbocycles. The summed E-state index contributed by atoms with van der Waals surface area (Å²) in [4.78, 5) is 51.2. The maximum Gasteiger partial charge on any atom is 0.352 e. The number of oxime groups is 1. The molecule has 0 radical (unpaired) electrons. The average molecular weight is 744 g/mol. The molecule has 0 spiro atoms. The third-order valence-corrected chi connectivity index (χ3v) is 11.3. The van der Waals surface area contributed by atoms with Gasteiger partial charge in [-0.25, -0.2) is 14.2 Å². The maximum absolute atomic E-state index is 15.1. The normalized spacial score (nSPS) is 20.4. The van der Waals surface area contributed by atoms with Crippen LogP contribution in [0.5, 0.6) is 0 Å². The van der Waals surface area contributed by atoms with Crippen molar-refractivity contribution in [2.75, 3.05) is 43.1 Å². The molecule has 2 saturated heterocycles. The highest BCUT2D eigenvalue weighted by Gasteiger charge is 2.55. The number of carbonyl (C=O) groups is 3. The van der Waals surface area contributed by atoms with Gasteiger partial charge in [0, 0.05) is 43.1 Å². The van der Waals surface area contributed by atoms with Crippen LogP contribution in [-0.4, -0.2) is 98.3 Å². The van der Waals surface area contributed by atoms with E-state index < -0.39 is 29.2 Å². The number of fused-ring (bicyclic) bond motifs is 2. The summed E-state index contributed by atoms with van der Waals surface area (Å²) in [7, 11) is 1.25. The van der Waals surface area contributed by atoms with Gasteiger partial charge >= 0.3 is 5.97 Å². The van der Waals surface area contributed by atoms with E-state index in [0.29, 0.717) is 42.1 Å². The number of thioether (sulfide) groups is 1. The van der Waals surface area contributed by atoms with E-state index in [-0.39, 0.29) is 38.9 Å². The highest BCUT2D eigenvalue weighted by atomic mass is 35.5. The fourth-order valence-electron chi connectivity index (χ4n) is 6.49. The summed E-state index contributed by atoms with van der Waals surface area (Å²) >= 11 is 8.47. The summed E-state index contributed by atoms with van der Waals surface area (Å²) in [6.45, 7) is 3.70. The minimum atomic E-state index is -1.24. The predicted molar refractivity (Wildman–Crippen MR) is 185 cm³/mol. The van der Waals surface area contributed by atoms with Gasteiger partial charge in [-0.05, 0) is 24.5 Å². The molecule has 50 heavy (non-hydrogen) atoms. The minimum Gasteiger partial charge on any atom is -0.477 e. The van der Waals surface area contributed by atoms with Crippen LogP contribution in [0.25, 0.3) is 0 Å². The second-order valence-corrected chi connectivity index (χ2v) is 14.7. The molecule has 262 valence electrons. The number of nitrogen functional groups attached to an aromatic ring is 1. The summed E-state index contributed by atoms with van der Waals surface area (Å²) in [5.41, 5.74) is 7.17. The highest BCUT2D eigenvalue weighted by Crippen LogP contribution is 2.40. The first kappa shape index (κ1) is 33.8. The number of hydrogen-bond donors (Lipinski definition) is 3. The molecule has 1 aromatic carbocycles. The standard InChI is InChI=1S/C31H32ClFN10O5S2/c1-48-38-23(22-26(32)50-31(34)37-22)27(44)36-24-28(45)43-25(30(46)47)19(16-49-29(24)43)15-41-9-6-21-39(10-11-42(21)41)14-18-5-4-17(12-20(18)33)13-35-40-7-2-3-8-40/h4-6,9,12-13,24,29H,2-3,7-8,10-11,14-16H2,1H3,(H3-,34,36,37,44,46,47)/p+1/b35-13?,38-23-/t24-,29-/m1/s1. The number of aromatic nitrogens is 3. The van der Waals surface area contributed by atoms with Crippen LogP contribution in [0.4, 0.5) is 15.3 Å². The third-order valence-electron chi connectivity index (χ3n) is 8.88. The Kier molecular flexibility index (Phi) is 9.40. The number of rotatable bonds is 11. The first-order valence-corrected chi connectivity index (χ1v) is 18.0. The SMILES string of the molecule is CO/N=C(\C(=O)N[C@@H]1C(=O)N2C(C(=O)O)=C(C[n+]3ccc4n3CCN4Cc3ccc(C=NN4CCCC4)cc3F)CS[C@H]12)c1nc(N)sc1Cl. The highest BCUT2D eigenvalue weighted by molar-refractivity contribution is 8.00. The zero-order valence-corrected chi connectivity index (χ0v) is 29.2. The van der Waals surface area contributed by atoms with Crippen LogP contribution in [0.15, 0.2) is 52.0 Å². The quantitative estimate of drug-likeness (QED) is 0.114. The Bertz CT molecular complexity index is 1960. The van der Waals surface area contributed by atoms with Gasteiger partial charge in [0.15, 0.2) is 29.4 Å². The van der Waals surface area contributed by atoms with E-state index in [4.69, 9.17) is 22.2 Å². The van der Waals surface area contributed by atoms with Gasteiger partial charge in [0.25, 0.3) is 11.8 Å². The van der Waals surface area contributed by atoms with Crippen molar-refractivity contribution in [3.63, 3.8) is 0 Å². The number of nitrogens with two attached hydrogens (primary N) is 1. The second-order valence-electron chi connectivity index (χ2n) is 12.0. The van der Waals surface area contributed by atoms with E-state index in [0.717, 1.165) is 43.1 Å². The number of aliphatic carboxylic acids is 1. The Morgan fingerprint density at radius 1 is 1.26 bits per heavy atom. The van der Waals surface area contributed by atoms with Gasteiger partial charge < -0.3 is 25.9 Å². The number of carboxylic acid groups (broad SMARTS) is 1. The molecule has 2 fully saturated rings. The Morgan fingerprint density at radius 2 is 2.06 bits per heavy atom. The molecular formula is C31H33ClFN10O5S2+. The van der Waals surface area contributed by atoms with Gasteiger partial charge in [-0.15, -0.1) is 21.1 Å². The fraction of sp³-hybridized carbons (Fsp3) is 0.387. The molecule has 4 aliphatic heterocycles. The largest absolute Gasteiger partial charge is 0.477 e. The van der Waals surface area contributed by atoms with Crippen molar-refractivity contribution < 1.29 is 33.4 Å². The average Bonchev–Trinajstić information content (AvgIpc) is 3.90. The van der Waals surface area contributed by atoms with Crippen LogP contribution in [0, 0.1) is 5.82 Å². The molecule has 19 heteroatoms. The Morgan fingerprint density at radius 3 is 2.76 bits per heavy atom. The summed E-state index contributed by atoms with van der Waals surface area (Å²) in [5.74, 6) is -1.69. The maximum atomic E-state index is 15.1. The van der Waals surface area contributed by atoms with Crippen molar-refractivity contribution in [3.8, 4) is 0 Å². The van der Waals surface area contributed by atoms with E-state index in [1.54, 1.807) is 12.3 Å². The molecule has 2 amide bonds. The lowest BCUT2D eigenvalue weighted by Gasteiger charge is -2.49. The number of amides is 2. The van der Waals surface area contributed by atoms with Crippen LogP contribution < -0.4 is 20.6 Å². The van der Waals surface area contributed by atoms with E-state index in [9.17, 15) is 19.5 Å². The van der Waals surface area contributed by atoms with Crippen molar-refractivity contribution >= 4 is 75.4 Å². The lowest BCUT2D eigenvalue weighted by Crippen LogP contribution is -2.71. The zero-order chi connectivity index (χ0) is 35.1. The number of hydrogen-bond acceptors (Lipinski definition) is 12. The fourth-order valence-corrected chi connectivity index (χ4v) is 8.75. The van der Waals surface area contributed by atoms with Crippen molar-refractivity contribution in [1.29, 1.82) is 0 Å². The number of β-lactam (4-membered cyclic amide) rings is 1. The van der Waals surface area contributed by atoms with Crippen LogP contribution in [-0.2, 0) is 38.9 Å². The van der Waals surface area contributed by atoms with Crippen LogP contribution in [0.3, 0.4) is 0 Å². The van der Waals surface area contributed by atoms with Crippen molar-refractivity contribution in [2.24, 2.45) is 10.3 Å². The number of nitrogens with one attached hydrogen (secondary N) is 1. The summed E-state index contributed by atoms with van der Waals surface area (Å²) in [6.07, 6.45) is 5.79. The van der Waals surface area contributed by atoms with E-state index in [1.165, 1.54) is 29.8 Å². The number of hydrazone groups is 1. The van der Waals surface area contributed by atoms with Crippen LogP contribution in [0.1, 0.15) is 29.7 Å². The summed E-state index contributed by atoms with van der Waals surface area (Å²) < 4.78 is 19.2. The van der Waals surface area contributed by atoms with Gasteiger partial charge in [-0.3, -0.25) is 19.5 Å². The van der Waals surface area contributed by atoms with Crippen molar-refractivity contribution in [1.82, 2.24) is 24.9 Å². The molecule has 4 N–H and O–H groups in total. The second kappa shape index (κ2) is 13.9. The summed E-state index contributed by atoms with van der Waals surface area (Å²) in [5, 5.41) is 22.5. The van der Waals surface area contributed by atoms with Gasteiger partial charge in [0.2, 0.25) is 0 Å². The molecule has 0 unspecified atom stereocenters. The Hall–Kier alpha value is -4.68. The molecule has 7 rings (SSSR count). The number of nitrogens with zero attached hydrogens (tertiary/aromatic N) is 8. The lowest BCUT2D eigenvalue weighted by molar-refractivity contribution is -0.766. The number of halogens is 2. The van der Waals surface area contributed by atoms with Crippen LogP contribution >= 0.6 is 34.7 Å². The minimum absolute atomic E-state index is 0.0125. The topological polar surface area (TPSA) is 175 Å². The first-order valence-electron chi connectivity index (χ1n) is 15.8. The monoisotopic (exact) mass is 743 g/mol. The van der Waals surface area contributed by atoms with Gasteiger partial charge in [0.05, 0.1) is 18.8 Å². The van der Waals surface area contributed by atoms with Crippen LogP contribution in [0.2, 0.25) is 4.34 Å². The van der Waals surface area contributed by atoms with Gasteiger partial charge in [-0.2, -0.15) is 5.10 Å². The number of carboxylic acids is 1. The third kappa shape index (κ3) is 6.37. The predicted octanol–water partition coefficient (Wildman–Crippen LogP) is 1.85. The number of anilines is 2. The molecule has 0 bridgehead atoms. The molecule has 0 saturated carbocycles. The van der Waals surface area contributed by atoms with Gasteiger partial charge in [-0.1, -0.05) is 40.2 Å². The molecular weight excluding hydrogens is 711 g/mol. The zero-order valence-electron chi connectivity index (χ0n) is 26.8. The van der Waals surface area contributed by atoms with Gasteiger partial charge in [0.1, 0.15) is 40.1 Å². The summed E-state index contributed by atoms with van der Waals surface area (Å²) in [6, 6.07) is 6.07. The van der Waals surface area contributed by atoms with Crippen molar-refractivity contribution in [3.05, 3.63) is 68.7 Å². The van der Waals surface area contributed by atoms with E-state index >= 15 is 4.39 Å². The molecule has 2 atom stereocenters. The molecule has 4 aliphatic rings. The number of carbonyl (C=O) groups excluding carboxylic acids is 2. The Labute approximate surface area is 298 Å². The molecule has 6 heterocycles. The molecule has 15 nitrogen and oxygen atoms in total. The smallest absolute Gasteiger partial charge is 0.352 e. The van der Waals surface area contributed by atoms with Crippen molar-refractivity contribution in [2.45, 2.75) is 43.9 Å². The van der Waals surface area contributed by atoms with E-state index in [2.05, 4.69) is 25.5 Å². The number of benzene rings is 1. The lowest BCUT2D eigenvalue weighted by atomic mass is 10.0. The number of thiazole rings is 1.